The number of hydrogen-bond donors (Lipinski definition) is 0. The van der Waals surface area contributed by atoms with E-state index >= 15 is 0 Å². The molecule has 0 radical (unpaired) electrons. The lowest BCUT2D eigenvalue weighted by Crippen LogP contribution is -2.17. The second-order valence-electron chi connectivity index (χ2n) is 6.12. The highest BCUT2D eigenvalue weighted by atomic mass is 19.4. The van der Waals surface area contributed by atoms with E-state index in [0.717, 1.165) is 16.8 Å². The minimum atomic E-state index is -4.88. The van der Waals surface area contributed by atoms with Crippen LogP contribution in [0.4, 0.5) is 26.3 Å². The molecule has 0 fully saturated rings. The Morgan fingerprint density at radius 1 is 0.967 bits per heavy atom. The van der Waals surface area contributed by atoms with E-state index in [1.54, 1.807) is 18.2 Å². The zero-order valence-corrected chi connectivity index (χ0v) is 15.3. The third-order valence-electron chi connectivity index (χ3n) is 3.82. The molecule has 0 saturated heterocycles. The molecule has 0 N–H and O–H groups in total. The molecule has 10 heteroatoms. The quantitative estimate of drug-likeness (QED) is 0.439. The first-order valence-electron chi connectivity index (χ1n) is 8.46. The lowest BCUT2D eigenvalue weighted by molar-refractivity contribution is -0.274. The van der Waals surface area contributed by atoms with E-state index in [0.29, 0.717) is 5.69 Å². The van der Waals surface area contributed by atoms with Gasteiger partial charge in [-0.3, -0.25) is 0 Å². The SMILES string of the molecule is Cc1nn(-c2ccc(OC(F)(F)F)cc2)c(CC(F)(F)F)c1C#Cc1ccccn1. The van der Waals surface area contributed by atoms with Crippen LogP contribution in [0.2, 0.25) is 0 Å². The Labute approximate surface area is 167 Å². The molecule has 0 aliphatic rings. The molecule has 0 aliphatic heterocycles. The van der Waals surface area contributed by atoms with Crippen LogP contribution in [0.3, 0.4) is 0 Å². The fourth-order valence-electron chi connectivity index (χ4n) is 2.66. The summed E-state index contributed by atoms with van der Waals surface area (Å²) < 4.78 is 81.3. The molecule has 156 valence electrons. The van der Waals surface area contributed by atoms with Crippen LogP contribution in [0.1, 0.15) is 22.6 Å². The molecule has 1 aromatic carbocycles. The normalized spacial score (nSPS) is 11.7. The topological polar surface area (TPSA) is 39.9 Å². The van der Waals surface area contributed by atoms with Crippen LogP contribution < -0.4 is 4.74 Å². The summed E-state index contributed by atoms with van der Waals surface area (Å²) >= 11 is 0. The van der Waals surface area contributed by atoms with Crippen molar-refractivity contribution in [3.05, 3.63) is 71.3 Å². The zero-order valence-electron chi connectivity index (χ0n) is 15.3. The molecular formula is C20H13F6N3O. The summed E-state index contributed by atoms with van der Waals surface area (Å²) in [4.78, 5) is 4.00. The summed E-state index contributed by atoms with van der Waals surface area (Å²) in [5.41, 5.74) is 0.601. The van der Waals surface area contributed by atoms with Crippen LogP contribution in [-0.2, 0) is 6.42 Å². The third kappa shape index (κ3) is 5.53. The highest BCUT2D eigenvalue weighted by Crippen LogP contribution is 2.28. The molecule has 0 saturated carbocycles. The molecule has 0 atom stereocenters. The van der Waals surface area contributed by atoms with Gasteiger partial charge in [0.1, 0.15) is 11.4 Å². The van der Waals surface area contributed by atoms with Gasteiger partial charge in [-0.2, -0.15) is 18.3 Å². The van der Waals surface area contributed by atoms with E-state index in [4.69, 9.17) is 0 Å². The van der Waals surface area contributed by atoms with E-state index in [9.17, 15) is 26.3 Å². The number of alkyl halides is 6. The zero-order chi connectivity index (χ0) is 21.9. The standard InChI is InChI=1S/C20H13F6N3O/c1-13-17(10-5-14-4-2-3-11-27-14)18(12-19(21,22)23)29(28-13)15-6-8-16(9-7-15)30-20(24,25)26/h2-4,6-9,11H,12H2,1H3. The van der Waals surface area contributed by atoms with E-state index in [1.807, 2.05) is 0 Å². The van der Waals surface area contributed by atoms with Crippen LogP contribution >= 0.6 is 0 Å². The molecule has 0 spiro atoms. The Hall–Kier alpha value is -3.48. The molecule has 0 bridgehead atoms. The minimum Gasteiger partial charge on any atom is -0.406 e. The molecule has 0 unspecified atom stereocenters. The molecule has 2 heterocycles. The van der Waals surface area contributed by atoms with Crippen molar-refractivity contribution < 1.29 is 31.1 Å². The van der Waals surface area contributed by atoms with E-state index in [1.165, 1.54) is 25.3 Å². The van der Waals surface area contributed by atoms with Gasteiger partial charge >= 0.3 is 12.5 Å². The summed E-state index contributed by atoms with van der Waals surface area (Å²) in [5, 5.41) is 4.11. The van der Waals surface area contributed by atoms with Gasteiger partial charge < -0.3 is 4.74 Å². The van der Waals surface area contributed by atoms with Crippen LogP contribution in [0.25, 0.3) is 5.69 Å². The maximum atomic E-state index is 13.2. The van der Waals surface area contributed by atoms with Gasteiger partial charge in [-0.05, 0) is 49.2 Å². The number of halogens is 6. The molecular weight excluding hydrogens is 412 g/mol. The number of nitrogens with zero attached hydrogens (tertiary/aromatic N) is 3. The lowest BCUT2D eigenvalue weighted by Gasteiger charge is -2.12. The van der Waals surface area contributed by atoms with Gasteiger partial charge in [0, 0.05) is 6.20 Å². The number of aryl methyl sites for hydroxylation is 1. The molecule has 30 heavy (non-hydrogen) atoms. The molecule has 2 aromatic heterocycles. The average molecular weight is 425 g/mol. The highest BCUT2D eigenvalue weighted by molar-refractivity contribution is 5.49. The number of benzene rings is 1. The van der Waals surface area contributed by atoms with Crippen molar-refractivity contribution >= 4 is 0 Å². The summed E-state index contributed by atoms with van der Waals surface area (Å²) in [5.74, 6) is 4.89. The molecule has 4 nitrogen and oxygen atoms in total. The largest absolute Gasteiger partial charge is 0.573 e. The Morgan fingerprint density at radius 3 is 2.23 bits per heavy atom. The smallest absolute Gasteiger partial charge is 0.406 e. The third-order valence-corrected chi connectivity index (χ3v) is 3.82. The molecule has 0 aliphatic carbocycles. The van der Waals surface area contributed by atoms with Gasteiger partial charge in [-0.25, -0.2) is 9.67 Å². The fourth-order valence-corrected chi connectivity index (χ4v) is 2.66. The Bertz CT molecular complexity index is 1070. The first-order chi connectivity index (χ1) is 14.0. The predicted octanol–water partition coefficient (Wildman–Crippen LogP) is 4.98. The number of aromatic nitrogens is 3. The van der Waals surface area contributed by atoms with Crippen LogP contribution in [-0.4, -0.2) is 27.3 Å². The summed E-state index contributed by atoms with van der Waals surface area (Å²) in [6.07, 6.45) is -9.24. The van der Waals surface area contributed by atoms with Crippen molar-refractivity contribution in [2.24, 2.45) is 0 Å². The molecule has 0 amide bonds. The van der Waals surface area contributed by atoms with Gasteiger partial charge in [0.2, 0.25) is 0 Å². The monoisotopic (exact) mass is 425 g/mol. The van der Waals surface area contributed by atoms with Crippen molar-refractivity contribution in [2.45, 2.75) is 25.9 Å². The molecule has 3 aromatic rings. The van der Waals surface area contributed by atoms with Crippen molar-refractivity contribution in [1.29, 1.82) is 0 Å². The van der Waals surface area contributed by atoms with Gasteiger partial charge in [0.25, 0.3) is 0 Å². The summed E-state index contributed by atoms with van der Waals surface area (Å²) in [6.45, 7) is 1.50. The van der Waals surface area contributed by atoms with Gasteiger partial charge in [-0.15, -0.1) is 13.2 Å². The first kappa shape index (κ1) is 21.2. The minimum absolute atomic E-state index is 0.0774. The second-order valence-corrected chi connectivity index (χ2v) is 6.12. The number of rotatable bonds is 3. The number of pyridine rings is 1. The highest BCUT2D eigenvalue weighted by Gasteiger charge is 2.33. The Balaban J connectivity index is 2.03. The second kappa shape index (κ2) is 8.10. The first-order valence-corrected chi connectivity index (χ1v) is 8.46. The van der Waals surface area contributed by atoms with Crippen molar-refractivity contribution in [1.82, 2.24) is 14.8 Å². The van der Waals surface area contributed by atoms with Crippen molar-refractivity contribution in [3.63, 3.8) is 0 Å². The fraction of sp³-hybridized carbons (Fsp3) is 0.200. The van der Waals surface area contributed by atoms with Gasteiger partial charge in [0.15, 0.2) is 0 Å². The maximum Gasteiger partial charge on any atom is 0.573 e. The van der Waals surface area contributed by atoms with Gasteiger partial charge in [0.05, 0.1) is 29.1 Å². The predicted molar refractivity (Wildman–Crippen MR) is 95.0 cm³/mol. The maximum absolute atomic E-state index is 13.2. The Morgan fingerprint density at radius 2 is 1.67 bits per heavy atom. The van der Waals surface area contributed by atoms with E-state index < -0.39 is 24.7 Å². The summed E-state index contributed by atoms with van der Waals surface area (Å²) in [6, 6.07) is 9.33. The average Bonchev–Trinajstić information content (AvgIpc) is 2.94. The molecule has 3 rings (SSSR count). The summed E-state index contributed by atoms with van der Waals surface area (Å²) in [7, 11) is 0. The van der Waals surface area contributed by atoms with Crippen molar-refractivity contribution in [2.75, 3.05) is 0 Å². The van der Waals surface area contributed by atoms with Crippen LogP contribution in [0, 0.1) is 18.8 Å². The van der Waals surface area contributed by atoms with Crippen molar-refractivity contribution in [3.8, 4) is 23.3 Å². The van der Waals surface area contributed by atoms with Gasteiger partial charge in [-0.1, -0.05) is 12.0 Å². The van der Waals surface area contributed by atoms with Crippen LogP contribution in [0.15, 0.2) is 48.7 Å². The number of hydrogen-bond acceptors (Lipinski definition) is 3. The number of ether oxygens (including phenoxy) is 1. The van der Waals surface area contributed by atoms with E-state index in [2.05, 4.69) is 26.7 Å². The Kier molecular flexibility index (Phi) is 5.73. The lowest BCUT2D eigenvalue weighted by atomic mass is 10.1. The van der Waals surface area contributed by atoms with E-state index in [-0.39, 0.29) is 22.6 Å². The van der Waals surface area contributed by atoms with Crippen LogP contribution in [0.5, 0.6) is 5.75 Å².